The van der Waals surface area contributed by atoms with Crippen LogP contribution >= 0.6 is 0 Å². The van der Waals surface area contributed by atoms with Gasteiger partial charge in [0, 0.05) is 29.9 Å². The number of hydrogen-bond acceptors (Lipinski definition) is 4. The van der Waals surface area contributed by atoms with Crippen molar-refractivity contribution in [2.45, 2.75) is 89.4 Å². The van der Waals surface area contributed by atoms with E-state index >= 15 is 0 Å². The van der Waals surface area contributed by atoms with Crippen molar-refractivity contribution in [3.05, 3.63) is 41.5 Å². The highest BCUT2D eigenvalue weighted by Crippen LogP contribution is 2.40. The van der Waals surface area contributed by atoms with Crippen molar-refractivity contribution in [3.8, 4) is 11.8 Å². The molecule has 5 nitrogen and oxygen atoms in total. The zero-order chi connectivity index (χ0) is 22.9. The van der Waals surface area contributed by atoms with Gasteiger partial charge in [-0.05, 0) is 80.4 Å². The molecule has 33 heavy (non-hydrogen) atoms. The second-order valence-electron chi connectivity index (χ2n) is 10.4. The first-order chi connectivity index (χ1) is 16.1. The van der Waals surface area contributed by atoms with Gasteiger partial charge in [-0.25, -0.2) is 0 Å². The highest BCUT2D eigenvalue weighted by atomic mass is 16.5. The largest absolute Gasteiger partial charge is 0.489 e. The number of fused-ring (bicyclic) bond motifs is 3. The summed E-state index contributed by atoms with van der Waals surface area (Å²) in [5.41, 5.74) is 7.48. The summed E-state index contributed by atoms with van der Waals surface area (Å²) in [6, 6.07) is 13.8. The van der Waals surface area contributed by atoms with Crippen LogP contribution in [0, 0.1) is 23.2 Å². The van der Waals surface area contributed by atoms with Crippen LogP contribution in [-0.2, 0) is 11.3 Å². The van der Waals surface area contributed by atoms with Crippen molar-refractivity contribution in [3.63, 3.8) is 0 Å². The molecule has 0 aromatic heterocycles. The Morgan fingerprint density at radius 2 is 1.79 bits per heavy atom. The fourth-order valence-corrected chi connectivity index (χ4v) is 6.47. The SMILES string of the molecule is CCC1CCC(Oc2ccc3ccc(CN4C5CCC4CC(C(N)=O)C5)cc3c2C#N)CC1. The number of carbonyl (C=O) groups is 1. The molecule has 2 aromatic rings. The Balaban J connectivity index is 1.35. The quantitative estimate of drug-likeness (QED) is 0.655. The van der Waals surface area contributed by atoms with Crippen molar-refractivity contribution >= 4 is 16.7 Å². The van der Waals surface area contributed by atoms with E-state index in [0.29, 0.717) is 17.6 Å². The minimum Gasteiger partial charge on any atom is -0.489 e. The standard InChI is InChI=1S/C28H35N3O2/c1-2-18-4-10-24(11-5-18)33-27-12-7-20-6-3-19(13-25(20)26(27)16-29)17-31-22-8-9-23(31)15-21(14-22)28(30)32/h3,6-7,12-13,18,21-24H,2,4-5,8-11,14-15,17H2,1H3,(H2,30,32). The van der Waals surface area contributed by atoms with E-state index in [1.807, 2.05) is 6.07 Å². The number of ether oxygens (including phenoxy) is 1. The van der Waals surface area contributed by atoms with Gasteiger partial charge in [-0.1, -0.05) is 31.5 Å². The van der Waals surface area contributed by atoms with Crippen LogP contribution in [0.2, 0.25) is 0 Å². The van der Waals surface area contributed by atoms with Gasteiger partial charge in [-0.15, -0.1) is 0 Å². The van der Waals surface area contributed by atoms with Crippen molar-refractivity contribution < 1.29 is 9.53 Å². The fourth-order valence-electron chi connectivity index (χ4n) is 6.47. The molecule has 2 N–H and O–H groups in total. The molecule has 2 heterocycles. The Labute approximate surface area is 196 Å². The van der Waals surface area contributed by atoms with Crippen molar-refractivity contribution in [2.24, 2.45) is 17.6 Å². The molecule has 2 saturated heterocycles. The zero-order valence-electron chi connectivity index (χ0n) is 19.6. The van der Waals surface area contributed by atoms with E-state index in [2.05, 4.69) is 42.2 Å². The van der Waals surface area contributed by atoms with Crippen LogP contribution in [0.25, 0.3) is 10.8 Å². The Bertz CT molecular complexity index is 1050. The molecular formula is C28H35N3O2. The topological polar surface area (TPSA) is 79.3 Å². The summed E-state index contributed by atoms with van der Waals surface area (Å²) >= 11 is 0. The molecular weight excluding hydrogens is 410 g/mol. The minimum absolute atomic E-state index is 0.0210. The third-order valence-electron chi connectivity index (χ3n) is 8.48. The molecule has 2 atom stereocenters. The van der Waals surface area contributed by atoms with Crippen LogP contribution in [0.3, 0.4) is 0 Å². The monoisotopic (exact) mass is 445 g/mol. The molecule has 2 aliphatic heterocycles. The first-order valence-corrected chi connectivity index (χ1v) is 12.7. The Morgan fingerprint density at radius 1 is 1.09 bits per heavy atom. The summed E-state index contributed by atoms with van der Waals surface area (Å²) in [6.07, 6.45) is 10.1. The number of carbonyl (C=O) groups excluding carboxylic acids is 1. The second-order valence-corrected chi connectivity index (χ2v) is 10.4. The molecule has 5 heteroatoms. The summed E-state index contributed by atoms with van der Waals surface area (Å²) in [4.78, 5) is 14.3. The second kappa shape index (κ2) is 9.35. The predicted octanol–water partition coefficient (Wildman–Crippen LogP) is 5.29. The van der Waals surface area contributed by atoms with Gasteiger partial charge in [0.05, 0.1) is 6.10 Å². The average Bonchev–Trinajstić information content (AvgIpc) is 3.05. The summed E-state index contributed by atoms with van der Waals surface area (Å²) < 4.78 is 6.37. The molecule has 1 aliphatic carbocycles. The number of nitriles is 1. The zero-order valence-corrected chi connectivity index (χ0v) is 19.6. The Hall–Kier alpha value is -2.58. The van der Waals surface area contributed by atoms with E-state index < -0.39 is 0 Å². The Kier molecular flexibility index (Phi) is 6.29. The summed E-state index contributed by atoms with van der Waals surface area (Å²) in [5.74, 6) is 1.42. The van der Waals surface area contributed by atoms with E-state index in [1.165, 1.54) is 24.8 Å². The molecule has 5 rings (SSSR count). The van der Waals surface area contributed by atoms with Crippen LogP contribution in [0.4, 0.5) is 0 Å². The minimum atomic E-state index is -0.147. The number of nitrogens with zero attached hydrogens (tertiary/aromatic N) is 2. The lowest BCUT2D eigenvalue weighted by Crippen LogP contribution is -2.45. The summed E-state index contributed by atoms with van der Waals surface area (Å²) in [5, 5.41) is 12.1. The number of hydrogen-bond donors (Lipinski definition) is 1. The highest BCUT2D eigenvalue weighted by Gasteiger charge is 2.42. The first kappa shape index (κ1) is 22.2. The summed E-state index contributed by atoms with van der Waals surface area (Å²) in [6.45, 7) is 3.12. The van der Waals surface area contributed by atoms with Crippen molar-refractivity contribution in [2.75, 3.05) is 0 Å². The maximum Gasteiger partial charge on any atom is 0.220 e. The molecule has 0 spiro atoms. The molecule has 1 amide bonds. The van der Waals surface area contributed by atoms with Crippen LogP contribution in [0.5, 0.6) is 5.75 Å². The predicted molar refractivity (Wildman–Crippen MR) is 130 cm³/mol. The molecule has 3 aliphatic rings. The number of rotatable bonds is 6. The lowest BCUT2D eigenvalue weighted by molar-refractivity contribution is -0.124. The third-order valence-corrected chi connectivity index (χ3v) is 8.48. The van der Waals surface area contributed by atoms with Gasteiger partial charge in [-0.2, -0.15) is 5.26 Å². The van der Waals surface area contributed by atoms with Gasteiger partial charge in [0.15, 0.2) is 0 Å². The number of benzene rings is 2. The van der Waals surface area contributed by atoms with Crippen molar-refractivity contribution in [1.29, 1.82) is 5.26 Å². The van der Waals surface area contributed by atoms with Gasteiger partial charge in [0.25, 0.3) is 0 Å². The molecule has 174 valence electrons. The van der Waals surface area contributed by atoms with Gasteiger partial charge < -0.3 is 10.5 Å². The van der Waals surface area contributed by atoms with Gasteiger partial charge in [-0.3, -0.25) is 9.69 Å². The molecule has 1 saturated carbocycles. The van der Waals surface area contributed by atoms with Gasteiger partial charge in [0.1, 0.15) is 17.4 Å². The van der Waals surface area contributed by atoms with Gasteiger partial charge >= 0.3 is 0 Å². The highest BCUT2D eigenvalue weighted by molar-refractivity contribution is 5.90. The lowest BCUT2D eigenvalue weighted by atomic mass is 9.86. The van der Waals surface area contributed by atoms with Crippen LogP contribution in [0.1, 0.15) is 75.8 Å². The molecule has 2 unspecified atom stereocenters. The maximum absolute atomic E-state index is 11.7. The van der Waals surface area contributed by atoms with E-state index in [9.17, 15) is 10.1 Å². The van der Waals surface area contributed by atoms with E-state index in [4.69, 9.17) is 10.5 Å². The van der Waals surface area contributed by atoms with E-state index in [-0.39, 0.29) is 17.9 Å². The molecule has 3 fully saturated rings. The third kappa shape index (κ3) is 4.46. The number of nitrogens with two attached hydrogens (primary N) is 1. The maximum atomic E-state index is 11.7. The Morgan fingerprint density at radius 3 is 2.42 bits per heavy atom. The molecule has 0 radical (unpaired) electrons. The lowest BCUT2D eigenvalue weighted by Gasteiger charge is -2.38. The van der Waals surface area contributed by atoms with E-state index in [0.717, 1.165) is 67.5 Å². The molecule has 2 bridgehead atoms. The fraction of sp³-hybridized carbons (Fsp3) is 0.571. The van der Waals surface area contributed by atoms with E-state index in [1.54, 1.807) is 0 Å². The van der Waals surface area contributed by atoms with Gasteiger partial charge in [0.2, 0.25) is 5.91 Å². The van der Waals surface area contributed by atoms with Crippen LogP contribution in [-0.4, -0.2) is 29.0 Å². The summed E-state index contributed by atoms with van der Waals surface area (Å²) in [7, 11) is 0. The number of piperidine rings is 1. The van der Waals surface area contributed by atoms with Crippen molar-refractivity contribution in [1.82, 2.24) is 4.90 Å². The normalized spacial score (nSPS) is 29.6. The first-order valence-electron chi connectivity index (χ1n) is 12.7. The smallest absolute Gasteiger partial charge is 0.220 e. The molecule has 2 aromatic carbocycles. The average molecular weight is 446 g/mol. The number of primary amides is 1. The van der Waals surface area contributed by atoms with Crippen LogP contribution in [0.15, 0.2) is 30.3 Å². The van der Waals surface area contributed by atoms with Crippen LogP contribution < -0.4 is 10.5 Å². The number of amides is 1.